The lowest BCUT2D eigenvalue weighted by Crippen LogP contribution is -2.58. The molecule has 1 fully saturated rings. The average molecular weight is 576 g/mol. The molecule has 0 spiro atoms. The second-order valence-corrected chi connectivity index (χ2v) is 12.5. The van der Waals surface area contributed by atoms with Crippen LogP contribution in [0.15, 0.2) is 72.8 Å². The molecule has 41 heavy (non-hydrogen) atoms. The van der Waals surface area contributed by atoms with Crippen LogP contribution >= 0.6 is 11.8 Å². The summed E-state index contributed by atoms with van der Waals surface area (Å²) in [5, 5.41) is 27.3. The molecule has 216 valence electrons. The van der Waals surface area contributed by atoms with Crippen molar-refractivity contribution in [3.63, 3.8) is 0 Å². The first kappa shape index (κ1) is 30.1. The molecule has 3 aromatic rings. The van der Waals surface area contributed by atoms with Crippen LogP contribution in [0.1, 0.15) is 46.5 Å². The molecule has 0 saturated carbocycles. The summed E-state index contributed by atoms with van der Waals surface area (Å²) >= 11 is 1.46. The molecule has 2 unspecified atom stereocenters. The minimum Gasteiger partial charge on any atom is -0.508 e. The molecule has 0 aromatic heterocycles. The average Bonchev–Trinajstić information content (AvgIpc) is 3.28. The van der Waals surface area contributed by atoms with E-state index in [9.17, 15) is 24.6 Å². The molecule has 1 aliphatic heterocycles. The highest BCUT2D eigenvalue weighted by molar-refractivity contribution is 8.00. The van der Waals surface area contributed by atoms with Gasteiger partial charge in [0, 0.05) is 22.4 Å². The number of aryl methyl sites for hydroxylation is 1. The zero-order valence-corrected chi connectivity index (χ0v) is 24.6. The minimum atomic E-state index is -1.61. The highest BCUT2D eigenvalue weighted by atomic mass is 32.2. The van der Waals surface area contributed by atoms with E-state index in [1.54, 1.807) is 19.1 Å². The smallest absolute Gasteiger partial charge is 0.254 e. The van der Waals surface area contributed by atoms with Crippen molar-refractivity contribution in [1.29, 1.82) is 0 Å². The van der Waals surface area contributed by atoms with E-state index >= 15 is 0 Å². The maximum absolute atomic E-state index is 13.8. The Hall–Kier alpha value is -3.82. The first-order chi connectivity index (χ1) is 19.5. The molecule has 0 radical (unpaired) electrons. The first-order valence-corrected chi connectivity index (χ1v) is 14.6. The van der Waals surface area contributed by atoms with Crippen LogP contribution in [-0.2, 0) is 22.6 Å². The van der Waals surface area contributed by atoms with Gasteiger partial charge in [0.05, 0.1) is 11.9 Å². The number of rotatable bonds is 9. The monoisotopic (exact) mass is 575 g/mol. The molecule has 3 atom stereocenters. The number of nitrogens with one attached hydrogen (secondary N) is 2. The number of aliphatic hydroxyl groups excluding tert-OH is 1. The van der Waals surface area contributed by atoms with Gasteiger partial charge in [0.15, 0.2) is 6.10 Å². The van der Waals surface area contributed by atoms with Crippen LogP contribution in [0.3, 0.4) is 0 Å². The summed E-state index contributed by atoms with van der Waals surface area (Å²) in [6, 6.07) is 19.9. The number of amides is 3. The van der Waals surface area contributed by atoms with E-state index in [-0.39, 0.29) is 29.5 Å². The lowest BCUT2D eigenvalue weighted by molar-refractivity contribution is -0.147. The molecule has 4 rings (SSSR count). The van der Waals surface area contributed by atoms with Gasteiger partial charge in [0.2, 0.25) is 5.91 Å². The number of thioether (sulfide) groups is 1. The Morgan fingerprint density at radius 1 is 1.00 bits per heavy atom. The van der Waals surface area contributed by atoms with Gasteiger partial charge in [-0.1, -0.05) is 60.7 Å². The van der Waals surface area contributed by atoms with Crippen LogP contribution < -0.4 is 10.6 Å². The molecular weight excluding hydrogens is 538 g/mol. The number of carbonyl (C=O) groups excluding carboxylic acids is 3. The number of nitrogens with zero attached hydrogens (tertiary/aromatic N) is 1. The Bertz CT molecular complexity index is 1410. The number of aromatic hydroxyl groups is 1. The number of carbonyl (C=O) groups is 3. The topological polar surface area (TPSA) is 119 Å². The van der Waals surface area contributed by atoms with Gasteiger partial charge < -0.3 is 25.7 Å². The van der Waals surface area contributed by atoms with E-state index in [2.05, 4.69) is 10.6 Å². The highest BCUT2D eigenvalue weighted by Gasteiger charge is 2.49. The Kier molecular flexibility index (Phi) is 9.40. The van der Waals surface area contributed by atoms with Gasteiger partial charge in [0.1, 0.15) is 11.8 Å². The highest BCUT2D eigenvalue weighted by Crippen LogP contribution is 2.40. The lowest BCUT2D eigenvalue weighted by Gasteiger charge is -2.33. The maximum Gasteiger partial charge on any atom is 0.254 e. The number of hydrogen-bond donors (Lipinski definition) is 4. The van der Waals surface area contributed by atoms with E-state index in [1.807, 2.05) is 75.4 Å². The summed E-state index contributed by atoms with van der Waals surface area (Å²) in [5.41, 5.74) is 3.50. The van der Waals surface area contributed by atoms with Crippen LogP contribution in [0.5, 0.6) is 5.75 Å². The lowest BCUT2D eigenvalue weighted by atomic mass is 9.96. The SMILES string of the molecule is Cc1ccccc1CNC(=O)[C@H]1N(C(=O)C(O)C(Cc2ccccc2)NC(=O)c2cccc(O)c2C)CSC1(C)C. The fourth-order valence-electron chi connectivity index (χ4n) is 5.07. The van der Waals surface area contributed by atoms with Crippen LogP contribution in [0.25, 0.3) is 0 Å². The fourth-order valence-corrected chi connectivity index (χ4v) is 6.21. The van der Waals surface area contributed by atoms with Crippen molar-refractivity contribution in [1.82, 2.24) is 15.5 Å². The minimum absolute atomic E-state index is 0.0234. The van der Waals surface area contributed by atoms with Gasteiger partial charge in [-0.25, -0.2) is 0 Å². The van der Waals surface area contributed by atoms with E-state index in [1.165, 1.54) is 22.7 Å². The van der Waals surface area contributed by atoms with E-state index in [0.29, 0.717) is 12.1 Å². The molecular formula is C32H37N3O5S. The molecule has 0 aliphatic carbocycles. The van der Waals surface area contributed by atoms with Gasteiger partial charge in [-0.2, -0.15) is 0 Å². The quantitative estimate of drug-likeness (QED) is 0.309. The van der Waals surface area contributed by atoms with Gasteiger partial charge in [0.25, 0.3) is 11.8 Å². The van der Waals surface area contributed by atoms with Crippen molar-refractivity contribution in [3.8, 4) is 5.75 Å². The van der Waals surface area contributed by atoms with Crippen molar-refractivity contribution in [2.45, 2.75) is 63.6 Å². The van der Waals surface area contributed by atoms with Crippen LogP contribution in [0.4, 0.5) is 0 Å². The van der Waals surface area contributed by atoms with Gasteiger partial charge in [-0.3, -0.25) is 14.4 Å². The molecule has 8 nitrogen and oxygen atoms in total. The fraction of sp³-hybridized carbons (Fsp3) is 0.344. The van der Waals surface area contributed by atoms with E-state index in [4.69, 9.17) is 0 Å². The summed E-state index contributed by atoms with van der Waals surface area (Å²) in [6.45, 7) is 7.74. The zero-order chi connectivity index (χ0) is 29.7. The van der Waals surface area contributed by atoms with Gasteiger partial charge in [-0.05, 0) is 62.9 Å². The summed E-state index contributed by atoms with van der Waals surface area (Å²) in [6.07, 6.45) is -1.43. The second-order valence-electron chi connectivity index (χ2n) is 10.9. The van der Waals surface area contributed by atoms with E-state index in [0.717, 1.165) is 16.7 Å². The van der Waals surface area contributed by atoms with Crippen molar-refractivity contribution >= 4 is 29.5 Å². The Labute approximate surface area is 245 Å². The summed E-state index contributed by atoms with van der Waals surface area (Å²) in [5.74, 6) is -1.25. The normalized spacial score (nSPS) is 17.5. The van der Waals surface area contributed by atoms with Gasteiger partial charge >= 0.3 is 0 Å². The third-order valence-electron chi connectivity index (χ3n) is 7.59. The third-order valence-corrected chi connectivity index (χ3v) is 8.97. The second kappa shape index (κ2) is 12.8. The maximum atomic E-state index is 13.8. The number of phenolic OH excluding ortho intramolecular Hbond substituents is 1. The van der Waals surface area contributed by atoms with Crippen LogP contribution in [0.2, 0.25) is 0 Å². The van der Waals surface area contributed by atoms with Crippen LogP contribution in [-0.4, -0.2) is 61.6 Å². The first-order valence-electron chi connectivity index (χ1n) is 13.6. The van der Waals surface area contributed by atoms with Crippen LogP contribution in [0, 0.1) is 13.8 Å². The number of benzene rings is 3. The summed E-state index contributed by atoms with van der Waals surface area (Å²) in [4.78, 5) is 42.0. The molecule has 3 aromatic carbocycles. The number of aliphatic hydroxyl groups is 1. The van der Waals surface area contributed by atoms with Crippen molar-refractivity contribution < 1.29 is 24.6 Å². The van der Waals surface area contributed by atoms with Crippen molar-refractivity contribution in [3.05, 3.63) is 101 Å². The predicted octanol–water partition coefficient (Wildman–Crippen LogP) is 3.71. The molecule has 1 aliphatic rings. The van der Waals surface area contributed by atoms with Crippen molar-refractivity contribution in [2.75, 3.05) is 5.88 Å². The zero-order valence-electron chi connectivity index (χ0n) is 23.8. The molecule has 3 amide bonds. The molecule has 9 heteroatoms. The summed E-state index contributed by atoms with van der Waals surface area (Å²) < 4.78 is -0.595. The molecule has 1 heterocycles. The van der Waals surface area contributed by atoms with Crippen molar-refractivity contribution in [2.24, 2.45) is 0 Å². The number of hydrogen-bond acceptors (Lipinski definition) is 6. The Morgan fingerprint density at radius 3 is 2.39 bits per heavy atom. The summed E-state index contributed by atoms with van der Waals surface area (Å²) in [7, 11) is 0. The Morgan fingerprint density at radius 2 is 1.68 bits per heavy atom. The van der Waals surface area contributed by atoms with E-state index < -0.39 is 34.7 Å². The molecule has 0 bridgehead atoms. The number of phenols is 1. The molecule has 4 N–H and O–H groups in total. The third kappa shape index (κ3) is 6.92. The molecule has 1 saturated heterocycles. The largest absolute Gasteiger partial charge is 0.508 e. The Balaban J connectivity index is 1.56. The predicted molar refractivity (Wildman–Crippen MR) is 160 cm³/mol. The standard InChI is InChI=1S/C32H37N3O5S/c1-20-11-8-9-14-23(20)18-33-30(39)28-32(3,4)41-19-35(28)31(40)27(37)25(17-22-12-6-5-7-13-22)34-29(38)24-15-10-16-26(36)21(24)2/h5-16,25,27-28,36-37H,17-19H2,1-4H3,(H,33,39)(H,34,38)/t25?,27?,28-/m1/s1. The van der Waals surface area contributed by atoms with Gasteiger partial charge in [-0.15, -0.1) is 11.8 Å².